The Kier molecular flexibility index (Phi) is 5.89. The maximum absolute atomic E-state index is 13.1. The third-order valence-electron chi connectivity index (χ3n) is 5.30. The van der Waals surface area contributed by atoms with Crippen molar-refractivity contribution in [2.75, 3.05) is 20.8 Å². The normalized spacial score (nSPS) is 11.8. The second-order valence-electron chi connectivity index (χ2n) is 7.21. The smallest absolute Gasteiger partial charge is 0.261 e. The summed E-state index contributed by atoms with van der Waals surface area (Å²) in [5.74, 6) is 0.636. The van der Waals surface area contributed by atoms with E-state index in [-0.39, 0.29) is 24.4 Å². The van der Waals surface area contributed by atoms with Gasteiger partial charge in [0.15, 0.2) is 6.61 Å². The average Bonchev–Trinajstić information content (AvgIpc) is 3.23. The van der Waals surface area contributed by atoms with Crippen LogP contribution in [0.15, 0.2) is 79.0 Å². The minimum atomic E-state index is -0.352. The van der Waals surface area contributed by atoms with Crippen LogP contribution < -0.4 is 9.47 Å². The van der Waals surface area contributed by atoms with Crippen molar-refractivity contribution in [2.24, 2.45) is 0 Å². The Morgan fingerprint density at radius 3 is 2.39 bits per heavy atom. The number of nitrogens with one attached hydrogen (secondary N) is 1. The van der Waals surface area contributed by atoms with E-state index >= 15 is 0 Å². The standard InChI is InChI=1S/C25H23FN2O3/c1-28(24(29)16-31-20-13-9-18(26)10-14-20)25(17-7-11-19(30-2)12-8-17)22-15-27-23-6-4-3-5-21(22)23/h3-15,25,27H,16H2,1-2H3/t25-/m0/s1. The number of para-hydroxylation sites is 1. The van der Waals surface area contributed by atoms with Crippen molar-refractivity contribution < 1.29 is 18.7 Å². The maximum Gasteiger partial charge on any atom is 0.261 e. The van der Waals surface area contributed by atoms with Crippen molar-refractivity contribution in [3.8, 4) is 11.5 Å². The summed E-state index contributed by atoms with van der Waals surface area (Å²) in [5.41, 5.74) is 2.93. The number of fused-ring (bicyclic) bond motifs is 1. The van der Waals surface area contributed by atoms with Gasteiger partial charge in [-0.15, -0.1) is 0 Å². The summed E-state index contributed by atoms with van der Waals surface area (Å²) < 4.78 is 24.0. The lowest BCUT2D eigenvalue weighted by molar-refractivity contribution is -0.133. The van der Waals surface area contributed by atoms with Crippen molar-refractivity contribution in [2.45, 2.75) is 6.04 Å². The Morgan fingerprint density at radius 2 is 1.68 bits per heavy atom. The molecule has 0 saturated heterocycles. The molecule has 0 fully saturated rings. The van der Waals surface area contributed by atoms with Crippen LogP contribution in [0.3, 0.4) is 0 Å². The lowest BCUT2D eigenvalue weighted by Crippen LogP contribution is -2.35. The average molecular weight is 418 g/mol. The number of rotatable bonds is 7. The Labute approximate surface area is 180 Å². The molecule has 3 aromatic carbocycles. The van der Waals surface area contributed by atoms with E-state index in [1.54, 1.807) is 19.1 Å². The van der Waals surface area contributed by atoms with Gasteiger partial charge < -0.3 is 19.4 Å². The highest BCUT2D eigenvalue weighted by molar-refractivity contribution is 5.85. The number of benzene rings is 3. The quantitative estimate of drug-likeness (QED) is 0.462. The highest BCUT2D eigenvalue weighted by Crippen LogP contribution is 2.34. The Morgan fingerprint density at radius 1 is 1.00 bits per heavy atom. The summed E-state index contributed by atoms with van der Waals surface area (Å²) in [4.78, 5) is 18.0. The molecule has 0 bridgehead atoms. The van der Waals surface area contributed by atoms with Gasteiger partial charge in [-0.1, -0.05) is 30.3 Å². The summed E-state index contributed by atoms with van der Waals surface area (Å²) in [5, 5.41) is 1.04. The van der Waals surface area contributed by atoms with E-state index in [1.165, 1.54) is 24.3 Å². The van der Waals surface area contributed by atoms with E-state index < -0.39 is 0 Å². The number of carbonyl (C=O) groups excluding carboxylic acids is 1. The first-order valence-electron chi connectivity index (χ1n) is 9.91. The molecule has 0 spiro atoms. The molecule has 4 rings (SSSR count). The van der Waals surface area contributed by atoms with Crippen LogP contribution in [0.4, 0.5) is 4.39 Å². The van der Waals surface area contributed by atoms with Crippen LogP contribution >= 0.6 is 0 Å². The SMILES string of the molecule is COc1ccc([C@@H](c2c[nH]c3ccccc23)N(C)C(=O)COc2ccc(F)cc2)cc1. The molecular weight excluding hydrogens is 395 g/mol. The molecule has 0 aliphatic rings. The topological polar surface area (TPSA) is 54.6 Å². The van der Waals surface area contributed by atoms with E-state index in [4.69, 9.17) is 9.47 Å². The van der Waals surface area contributed by atoms with Crippen LogP contribution in [-0.2, 0) is 4.79 Å². The molecule has 1 amide bonds. The first-order chi connectivity index (χ1) is 15.1. The molecule has 0 unspecified atom stereocenters. The first-order valence-corrected chi connectivity index (χ1v) is 9.91. The van der Waals surface area contributed by atoms with Gasteiger partial charge >= 0.3 is 0 Å². The van der Waals surface area contributed by atoms with E-state index in [0.29, 0.717) is 5.75 Å². The molecule has 1 heterocycles. The van der Waals surface area contributed by atoms with Gasteiger partial charge in [-0.3, -0.25) is 4.79 Å². The molecule has 0 radical (unpaired) electrons. The highest BCUT2D eigenvalue weighted by atomic mass is 19.1. The van der Waals surface area contributed by atoms with Crippen LogP contribution in [0, 0.1) is 5.82 Å². The highest BCUT2D eigenvalue weighted by Gasteiger charge is 2.26. The fourth-order valence-corrected chi connectivity index (χ4v) is 3.64. The van der Waals surface area contributed by atoms with Gasteiger partial charge in [0.05, 0.1) is 13.2 Å². The van der Waals surface area contributed by atoms with Crippen molar-refractivity contribution in [1.82, 2.24) is 9.88 Å². The third-order valence-corrected chi connectivity index (χ3v) is 5.30. The van der Waals surface area contributed by atoms with Gasteiger partial charge in [0.1, 0.15) is 17.3 Å². The number of aromatic nitrogens is 1. The lowest BCUT2D eigenvalue weighted by atomic mass is 9.96. The zero-order valence-corrected chi connectivity index (χ0v) is 17.3. The zero-order chi connectivity index (χ0) is 21.8. The second kappa shape index (κ2) is 8.92. The molecule has 6 heteroatoms. The predicted octanol–water partition coefficient (Wildman–Crippen LogP) is 4.94. The van der Waals surface area contributed by atoms with Crippen LogP contribution in [-0.4, -0.2) is 36.6 Å². The number of H-pyrrole nitrogens is 1. The van der Waals surface area contributed by atoms with E-state index in [9.17, 15) is 9.18 Å². The van der Waals surface area contributed by atoms with E-state index in [1.807, 2.05) is 54.7 Å². The Balaban J connectivity index is 1.64. The molecule has 1 N–H and O–H groups in total. The number of hydrogen-bond donors (Lipinski definition) is 1. The number of ether oxygens (including phenoxy) is 2. The molecule has 0 aliphatic heterocycles. The van der Waals surface area contributed by atoms with Gasteiger partial charge in [0.25, 0.3) is 5.91 Å². The minimum absolute atomic E-state index is 0.156. The molecule has 4 aromatic rings. The van der Waals surface area contributed by atoms with Crippen LogP contribution in [0.2, 0.25) is 0 Å². The number of amides is 1. The fourth-order valence-electron chi connectivity index (χ4n) is 3.64. The van der Waals surface area contributed by atoms with Gasteiger partial charge in [0, 0.05) is 29.7 Å². The Hall–Kier alpha value is -3.80. The van der Waals surface area contributed by atoms with Gasteiger partial charge in [0.2, 0.25) is 0 Å². The number of likely N-dealkylation sites (N-methyl/N-ethyl adjacent to an activating group) is 1. The molecule has 31 heavy (non-hydrogen) atoms. The van der Waals surface area contributed by atoms with Gasteiger partial charge in [-0.2, -0.15) is 0 Å². The molecule has 158 valence electrons. The number of aromatic amines is 1. The molecular formula is C25H23FN2O3. The molecule has 0 aliphatic carbocycles. The second-order valence-corrected chi connectivity index (χ2v) is 7.21. The monoisotopic (exact) mass is 418 g/mol. The molecule has 5 nitrogen and oxygen atoms in total. The largest absolute Gasteiger partial charge is 0.497 e. The molecule has 0 saturated carbocycles. The first kappa shape index (κ1) is 20.5. The summed E-state index contributed by atoms with van der Waals surface area (Å²) in [7, 11) is 3.38. The van der Waals surface area contributed by atoms with Crippen LogP contribution in [0.5, 0.6) is 11.5 Å². The number of carbonyl (C=O) groups is 1. The van der Waals surface area contributed by atoms with Crippen molar-refractivity contribution >= 4 is 16.8 Å². The molecule has 1 atom stereocenters. The van der Waals surface area contributed by atoms with Gasteiger partial charge in [-0.25, -0.2) is 4.39 Å². The van der Waals surface area contributed by atoms with Crippen LogP contribution in [0.25, 0.3) is 10.9 Å². The predicted molar refractivity (Wildman–Crippen MR) is 118 cm³/mol. The summed E-state index contributed by atoms with van der Waals surface area (Å²) >= 11 is 0. The van der Waals surface area contributed by atoms with Crippen LogP contribution in [0.1, 0.15) is 17.2 Å². The maximum atomic E-state index is 13.1. The minimum Gasteiger partial charge on any atom is -0.497 e. The number of hydrogen-bond acceptors (Lipinski definition) is 3. The lowest BCUT2D eigenvalue weighted by Gasteiger charge is -2.29. The Bertz CT molecular complexity index is 1170. The van der Waals surface area contributed by atoms with Crippen molar-refractivity contribution in [3.63, 3.8) is 0 Å². The van der Waals surface area contributed by atoms with Crippen molar-refractivity contribution in [1.29, 1.82) is 0 Å². The zero-order valence-electron chi connectivity index (χ0n) is 17.3. The van der Waals surface area contributed by atoms with Crippen molar-refractivity contribution in [3.05, 3.63) is 95.9 Å². The summed E-state index contributed by atoms with van der Waals surface area (Å²) in [6.45, 7) is -0.156. The van der Waals surface area contributed by atoms with E-state index in [0.717, 1.165) is 27.8 Å². The fraction of sp³-hybridized carbons (Fsp3) is 0.160. The number of methoxy groups -OCH3 is 1. The molecule has 1 aromatic heterocycles. The van der Waals surface area contributed by atoms with Gasteiger partial charge in [-0.05, 0) is 48.0 Å². The summed E-state index contributed by atoms with van der Waals surface area (Å²) in [6, 6.07) is 20.9. The number of nitrogens with zero attached hydrogens (tertiary/aromatic N) is 1. The van der Waals surface area contributed by atoms with E-state index in [2.05, 4.69) is 4.98 Å². The third kappa shape index (κ3) is 4.38. The number of halogens is 1. The summed E-state index contributed by atoms with van der Waals surface area (Å²) in [6.07, 6.45) is 1.93.